The largest absolute Gasteiger partial charge is 0.465 e. The first-order valence-corrected chi connectivity index (χ1v) is 6.84. The van der Waals surface area contributed by atoms with E-state index in [-0.39, 0.29) is 24.3 Å². The number of anilines is 1. The second-order valence-electron chi connectivity index (χ2n) is 5.06. The highest BCUT2D eigenvalue weighted by atomic mass is 32.1. The highest BCUT2D eigenvalue weighted by Gasteiger charge is 2.34. The van der Waals surface area contributed by atoms with Crippen molar-refractivity contribution in [2.24, 2.45) is 0 Å². The molecule has 0 saturated carbocycles. The van der Waals surface area contributed by atoms with Crippen LogP contribution in [0.2, 0.25) is 0 Å². The predicted molar refractivity (Wildman–Crippen MR) is 71.7 cm³/mol. The Morgan fingerprint density at radius 3 is 3.11 bits per heavy atom. The van der Waals surface area contributed by atoms with E-state index in [0.29, 0.717) is 18.0 Å². The van der Waals surface area contributed by atoms with Crippen molar-refractivity contribution in [2.45, 2.75) is 25.6 Å². The summed E-state index contributed by atoms with van der Waals surface area (Å²) in [7, 11) is 1.35. The van der Waals surface area contributed by atoms with E-state index in [2.05, 4.69) is 9.72 Å². The summed E-state index contributed by atoms with van der Waals surface area (Å²) < 4.78 is 10.4. The Kier molecular flexibility index (Phi) is 4.07. The van der Waals surface area contributed by atoms with E-state index >= 15 is 0 Å². The van der Waals surface area contributed by atoms with E-state index in [1.807, 2.05) is 18.7 Å². The molecule has 1 aromatic heterocycles. The van der Waals surface area contributed by atoms with Gasteiger partial charge in [-0.05, 0) is 13.8 Å². The van der Waals surface area contributed by atoms with Crippen molar-refractivity contribution in [1.29, 1.82) is 0 Å². The van der Waals surface area contributed by atoms with Gasteiger partial charge in [-0.3, -0.25) is 0 Å². The van der Waals surface area contributed by atoms with Gasteiger partial charge in [0, 0.05) is 13.1 Å². The van der Waals surface area contributed by atoms with Gasteiger partial charge in [-0.25, -0.2) is 9.78 Å². The molecule has 0 spiro atoms. The van der Waals surface area contributed by atoms with Gasteiger partial charge in [0.05, 0.1) is 31.6 Å². The molecule has 0 aliphatic carbocycles. The number of carbonyl (C=O) groups is 1. The summed E-state index contributed by atoms with van der Waals surface area (Å²) in [6.07, 6.45) is 1.27. The quantitative estimate of drug-likeness (QED) is 0.833. The average molecular weight is 286 g/mol. The second-order valence-corrected chi connectivity index (χ2v) is 6.07. The number of aliphatic hydroxyl groups excluding tert-OH is 1. The zero-order chi connectivity index (χ0) is 14.0. The fourth-order valence-corrected chi connectivity index (χ4v) is 2.98. The third kappa shape index (κ3) is 3.23. The van der Waals surface area contributed by atoms with Crippen LogP contribution in [0.3, 0.4) is 0 Å². The third-order valence-electron chi connectivity index (χ3n) is 2.84. The molecule has 1 aliphatic rings. The standard InChI is InChI=1S/C12H18N2O4S/c1-12(2)7-14(5-8(6-15)18-12)11-13-4-9(19-11)10(16)17-3/h4,8,15H,5-7H2,1-3H3. The number of hydrogen-bond donors (Lipinski definition) is 1. The number of aliphatic hydroxyl groups is 1. The molecule has 1 fully saturated rings. The first kappa shape index (κ1) is 14.2. The van der Waals surface area contributed by atoms with Crippen LogP contribution >= 0.6 is 11.3 Å². The molecule has 1 aliphatic heterocycles. The molecule has 1 atom stereocenters. The number of nitrogens with zero attached hydrogens (tertiary/aromatic N) is 2. The summed E-state index contributed by atoms with van der Waals surface area (Å²) in [6, 6.07) is 0. The summed E-state index contributed by atoms with van der Waals surface area (Å²) >= 11 is 1.29. The smallest absolute Gasteiger partial charge is 0.349 e. The fraction of sp³-hybridized carbons (Fsp3) is 0.667. The number of thiazole rings is 1. The maximum atomic E-state index is 11.4. The fourth-order valence-electron chi connectivity index (χ4n) is 2.14. The summed E-state index contributed by atoms with van der Waals surface area (Å²) in [5.41, 5.74) is -0.358. The lowest BCUT2D eigenvalue weighted by molar-refractivity contribution is -0.101. The lowest BCUT2D eigenvalue weighted by Gasteiger charge is -2.42. The summed E-state index contributed by atoms with van der Waals surface area (Å²) in [4.78, 5) is 18.2. The second kappa shape index (κ2) is 5.44. The molecule has 1 unspecified atom stereocenters. The molecule has 1 aromatic rings. The molecule has 2 rings (SSSR count). The maximum absolute atomic E-state index is 11.4. The van der Waals surface area contributed by atoms with Crippen LogP contribution < -0.4 is 4.90 Å². The van der Waals surface area contributed by atoms with Gasteiger partial charge >= 0.3 is 5.97 Å². The van der Waals surface area contributed by atoms with Crippen LogP contribution in [0, 0.1) is 0 Å². The van der Waals surface area contributed by atoms with E-state index < -0.39 is 0 Å². The Bertz CT molecular complexity index is 460. The summed E-state index contributed by atoms with van der Waals surface area (Å²) in [5.74, 6) is -0.380. The van der Waals surface area contributed by atoms with Gasteiger partial charge in [0.1, 0.15) is 4.88 Å². The van der Waals surface area contributed by atoms with Crippen LogP contribution in [-0.2, 0) is 9.47 Å². The van der Waals surface area contributed by atoms with Crippen molar-refractivity contribution < 1.29 is 19.4 Å². The van der Waals surface area contributed by atoms with Crippen LogP contribution in [0.25, 0.3) is 0 Å². The van der Waals surface area contributed by atoms with Crippen LogP contribution in [0.15, 0.2) is 6.20 Å². The molecular weight excluding hydrogens is 268 g/mol. The van der Waals surface area contributed by atoms with Gasteiger partial charge in [0.15, 0.2) is 5.13 Å². The Morgan fingerprint density at radius 2 is 2.47 bits per heavy atom. The van der Waals surface area contributed by atoms with Crippen LogP contribution in [0.1, 0.15) is 23.5 Å². The monoisotopic (exact) mass is 286 g/mol. The Balaban J connectivity index is 2.16. The molecule has 0 radical (unpaired) electrons. The predicted octanol–water partition coefficient (Wildman–Crippen LogP) is 0.906. The number of methoxy groups -OCH3 is 1. The number of esters is 1. The first-order chi connectivity index (χ1) is 8.95. The van der Waals surface area contributed by atoms with Gasteiger partial charge in [-0.15, -0.1) is 0 Å². The Morgan fingerprint density at radius 1 is 1.74 bits per heavy atom. The number of ether oxygens (including phenoxy) is 2. The molecular formula is C12H18N2O4S. The van der Waals surface area contributed by atoms with Gasteiger partial charge < -0.3 is 19.5 Å². The van der Waals surface area contributed by atoms with Crippen molar-refractivity contribution in [2.75, 3.05) is 31.7 Å². The van der Waals surface area contributed by atoms with Crippen LogP contribution in [0.5, 0.6) is 0 Å². The number of aromatic nitrogens is 1. The minimum absolute atomic E-state index is 0.0326. The normalized spacial score (nSPS) is 22.3. The molecule has 19 heavy (non-hydrogen) atoms. The zero-order valence-corrected chi connectivity index (χ0v) is 12.1. The highest BCUT2D eigenvalue weighted by Crippen LogP contribution is 2.29. The molecule has 0 bridgehead atoms. The van der Waals surface area contributed by atoms with Crippen LogP contribution in [-0.4, -0.2) is 54.6 Å². The Labute approximate surface area is 116 Å². The number of carbonyl (C=O) groups excluding carboxylic acids is 1. The zero-order valence-electron chi connectivity index (χ0n) is 11.3. The molecule has 2 heterocycles. The minimum Gasteiger partial charge on any atom is -0.465 e. The molecule has 1 N–H and O–H groups in total. The lowest BCUT2D eigenvalue weighted by Crippen LogP contribution is -2.54. The third-order valence-corrected chi connectivity index (χ3v) is 3.87. The molecule has 0 amide bonds. The molecule has 7 heteroatoms. The Hall–Kier alpha value is -1.18. The topological polar surface area (TPSA) is 71.9 Å². The van der Waals surface area contributed by atoms with E-state index in [4.69, 9.17) is 4.74 Å². The van der Waals surface area contributed by atoms with E-state index in [9.17, 15) is 9.90 Å². The van der Waals surface area contributed by atoms with Crippen molar-refractivity contribution >= 4 is 22.4 Å². The van der Waals surface area contributed by atoms with Crippen LogP contribution in [0.4, 0.5) is 5.13 Å². The van der Waals surface area contributed by atoms with Crippen molar-refractivity contribution in [3.8, 4) is 0 Å². The summed E-state index contributed by atoms with van der Waals surface area (Å²) in [6.45, 7) is 5.13. The van der Waals surface area contributed by atoms with Gasteiger partial charge in [0.25, 0.3) is 0 Å². The summed E-state index contributed by atoms with van der Waals surface area (Å²) in [5, 5.41) is 10.0. The van der Waals surface area contributed by atoms with E-state index in [1.165, 1.54) is 24.6 Å². The number of hydrogen-bond acceptors (Lipinski definition) is 7. The maximum Gasteiger partial charge on any atom is 0.349 e. The molecule has 0 aromatic carbocycles. The van der Waals surface area contributed by atoms with Gasteiger partial charge in [-0.2, -0.15) is 0 Å². The van der Waals surface area contributed by atoms with Crippen molar-refractivity contribution in [3.05, 3.63) is 11.1 Å². The lowest BCUT2D eigenvalue weighted by atomic mass is 10.1. The molecule has 1 saturated heterocycles. The van der Waals surface area contributed by atoms with E-state index in [0.717, 1.165) is 5.13 Å². The first-order valence-electron chi connectivity index (χ1n) is 6.03. The molecule has 6 nitrogen and oxygen atoms in total. The van der Waals surface area contributed by atoms with Crippen molar-refractivity contribution in [3.63, 3.8) is 0 Å². The van der Waals surface area contributed by atoms with Gasteiger partial charge in [0.2, 0.25) is 0 Å². The van der Waals surface area contributed by atoms with E-state index in [1.54, 1.807) is 0 Å². The molecule has 106 valence electrons. The van der Waals surface area contributed by atoms with Crippen molar-refractivity contribution in [1.82, 2.24) is 4.98 Å². The SMILES string of the molecule is COC(=O)c1cnc(N2CC(CO)OC(C)(C)C2)s1. The van der Waals surface area contributed by atoms with Gasteiger partial charge in [-0.1, -0.05) is 11.3 Å². The number of rotatable bonds is 3. The minimum atomic E-state index is -0.380. The highest BCUT2D eigenvalue weighted by molar-refractivity contribution is 7.17. The average Bonchev–Trinajstić information content (AvgIpc) is 2.85. The number of morpholine rings is 1.